The molecule has 1 rings (SSSR count). The first-order valence-electron chi connectivity index (χ1n) is 5.78. The second-order valence-corrected chi connectivity index (χ2v) is 4.55. The number of rotatable bonds is 4. The molecule has 1 fully saturated rings. The Morgan fingerprint density at radius 1 is 1.47 bits per heavy atom. The van der Waals surface area contributed by atoms with E-state index in [-0.39, 0.29) is 5.41 Å². The van der Waals surface area contributed by atoms with Crippen LogP contribution in [-0.2, 0) is 4.74 Å². The zero-order valence-electron chi connectivity index (χ0n) is 9.88. The van der Waals surface area contributed by atoms with Gasteiger partial charge in [-0.1, -0.05) is 13.8 Å². The summed E-state index contributed by atoms with van der Waals surface area (Å²) in [4.78, 5) is 4.38. The fraction of sp³-hybridized carbons (Fsp3) is 0.909. The summed E-state index contributed by atoms with van der Waals surface area (Å²) in [6.07, 6.45) is 3.23. The Balaban J connectivity index is 2.32. The molecule has 0 aromatic carbocycles. The second kappa shape index (κ2) is 5.95. The fourth-order valence-corrected chi connectivity index (χ4v) is 1.61. The number of hydrogen-bond donors (Lipinski definition) is 2. The molecular weight excluding hydrogens is 190 g/mol. The summed E-state index contributed by atoms with van der Waals surface area (Å²) in [5.74, 6) is 0.574. The predicted molar refractivity (Wildman–Crippen MR) is 62.9 cm³/mol. The van der Waals surface area contributed by atoms with Crippen molar-refractivity contribution in [2.75, 3.05) is 26.3 Å². The van der Waals surface area contributed by atoms with Crippen LogP contribution in [0, 0.1) is 5.41 Å². The Hall–Kier alpha value is -0.770. The molecule has 1 aliphatic rings. The minimum Gasteiger partial charge on any atom is -0.381 e. The van der Waals surface area contributed by atoms with Crippen LogP contribution in [0.3, 0.4) is 0 Å². The number of nitrogens with zero attached hydrogens (tertiary/aromatic N) is 1. The number of aliphatic imine (C=N–C) groups is 1. The molecule has 0 atom stereocenters. The molecule has 0 aliphatic carbocycles. The maximum absolute atomic E-state index is 5.74. The van der Waals surface area contributed by atoms with Gasteiger partial charge in [0, 0.05) is 26.3 Å². The molecule has 0 aromatic rings. The van der Waals surface area contributed by atoms with Crippen LogP contribution in [0.5, 0.6) is 0 Å². The van der Waals surface area contributed by atoms with Crippen LogP contribution in [0.25, 0.3) is 0 Å². The van der Waals surface area contributed by atoms with Crippen LogP contribution in [0.2, 0.25) is 0 Å². The maximum Gasteiger partial charge on any atom is 0.188 e. The Bertz CT molecular complexity index is 210. The van der Waals surface area contributed by atoms with E-state index in [0.717, 1.165) is 45.6 Å². The van der Waals surface area contributed by atoms with E-state index < -0.39 is 0 Å². The molecule has 0 amide bonds. The van der Waals surface area contributed by atoms with Gasteiger partial charge in [-0.3, -0.25) is 4.99 Å². The Morgan fingerprint density at radius 2 is 2.13 bits per heavy atom. The first-order valence-corrected chi connectivity index (χ1v) is 5.78. The molecule has 3 N–H and O–H groups in total. The van der Waals surface area contributed by atoms with E-state index >= 15 is 0 Å². The lowest BCUT2D eigenvalue weighted by atomic mass is 9.83. The van der Waals surface area contributed by atoms with E-state index in [0.29, 0.717) is 5.96 Å². The monoisotopic (exact) mass is 213 g/mol. The van der Waals surface area contributed by atoms with Crippen molar-refractivity contribution in [3.05, 3.63) is 0 Å². The third-order valence-electron chi connectivity index (χ3n) is 2.89. The average Bonchev–Trinajstić information content (AvgIpc) is 2.25. The van der Waals surface area contributed by atoms with Gasteiger partial charge in [0.1, 0.15) is 0 Å². The zero-order valence-corrected chi connectivity index (χ0v) is 9.88. The third-order valence-corrected chi connectivity index (χ3v) is 2.89. The van der Waals surface area contributed by atoms with E-state index in [2.05, 4.69) is 24.2 Å². The summed E-state index contributed by atoms with van der Waals surface area (Å²) >= 11 is 0. The normalized spacial score (nSPS) is 21.3. The molecule has 0 saturated carbocycles. The third kappa shape index (κ3) is 4.51. The maximum atomic E-state index is 5.74. The van der Waals surface area contributed by atoms with Crippen molar-refractivity contribution in [2.45, 2.75) is 33.1 Å². The first kappa shape index (κ1) is 12.3. The Labute approximate surface area is 92.3 Å². The summed E-state index contributed by atoms with van der Waals surface area (Å²) in [5, 5.41) is 3.09. The molecule has 4 heteroatoms. The zero-order chi connectivity index (χ0) is 11.1. The summed E-state index contributed by atoms with van der Waals surface area (Å²) in [6.45, 7) is 7.78. The van der Waals surface area contributed by atoms with Gasteiger partial charge in [0.2, 0.25) is 0 Å². The number of nitrogens with two attached hydrogens (primary N) is 1. The van der Waals surface area contributed by atoms with Gasteiger partial charge >= 0.3 is 0 Å². The van der Waals surface area contributed by atoms with Crippen LogP contribution in [-0.4, -0.2) is 32.3 Å². The van der Waals surface area contributed by atoms with Crippen molar-refractivity contribution in [1.82, 2.24) is 5.32 Å². The smallest absolute Gasteiger partial charge is 0.188 e. The lowest BCUT2D eigenvalue weighted by Crippen LogP contribution is -2.35. The van der Waals surface area contributed by atoms with Gasteiger partial charge in [0.05, 0.1) is 0 Å². The van der Waals surface area contributed by atoms with Crippen LogP contribution in [0.15, 0.2) is 4.99 Å². The molecule has 0 aromatic heterocycles. The Kier molecular flexibility index (Phi) is 4.88. The number of guanidine groups is 1. The molecule has 1 heterocycles. The van der Waals surface area contributed by atoms with Crippen molar-refractivity contribution in [2.24, 2.45) is 16.1 Å². The Morgan fingerprint density at radius 3 is 2.73 bits per heavy atom. The highest BCUT2D eigenvalue weighted by Gasteiger charge is 2.26. The summed E-state index contributed by atoms with van der Waals surface area (Å²) < 4.78 is 5.34. The molecule has 0 spiro atoms. The molecule has 0 unspecified atom stereocenters. The molecular formula is C11H23N3O. The van der Waals surface area contributed by atoms with Gasteiger partial charge in [0.25, 0.3) is 0 Å². The van der Waals surface area contributed by atoms with Crippen molar-refractivity contribution in [1.29, 1.82) is 0 Å². The lowest BCUT2D eigenvalue weighted by molar-refractivity contribution is 0.0283. The van der Waals surface area contributed by atoms with Crippen LogP contribution in [0.1, 0.15) is 33.1 Å². The van der Waals surface area contributed by atoms with Crippen molar-refractivity contribution >= 4 is 5.96 Å². The van der Waals surface area contributed by atoms with E-state index in [1.54, 1.807) is 0 Å². The molecule has 1 saturated heterocycles. The van der Waals surface area contributed by atoms with Crippen molar-refractivity contribution < 1.29 is 4.74 Å². The van der Waals surface area contributed by atoms with Crippen LogP contribution in [0.4, 0.5) is 0 Å². The number of ether oxygens (including phenoxy) is 1. The van der Waals surface area contributed by atoms with Crippen molar-refractivity contribution in [3.63, 3.8) is 0 Å². The molecule has 0 bridgehead atoms. The quantitative estimate of drug-likeness (QED) is 0.543. The standard InChI is InChI=1S/C11H23N3O/c1-3-6-13-10(12)14-9-11(2)4-7-15-8-5-11/h3-9H2,1-2H3,(H3,12,13,14). The molecule has 0 radical (unpaired) electrons. The average molecular weight is 213 g/mol. The number of hydrogen-bond acceptors (Lipinski definition) is 2. The van der Waals surface area contributed by atoms with Gasteiger partial charge in [-0.15, -0.1) is 0 Å². The van der Waals surface area contributed by atoms with E-state index in [9.17, 15) is 0 Å². The summed E-state index contributed by atoms with van der Waals surface area (Å²) in [7, 11) is 0. The van der Waals surface area contributed by atoms with Crippen LogP contribution >= 0.6 is 0 Å². The largest absolute Gasteiger partial charge is 0.381 e. The topological polar surface area (TPSA) is 59.6 Å². The van der Waals surface area contributed by atoms with E-state index in [1.807, 2.05) is 0 Å². The minimum atomic E-state index is 0.275. The van der Waals surface area contributed by atoms with Gasteiger partial charge in [0.15, 0.2) is 5.96 Å². The van der Waals surface area contributed by atoms with Gasteiger partial charge in [-0.25, -0.2) is 0 Å². The highest BCUT2D eigenvalue weighted by Crippen LogP contribution is 2.29. The highest BCUT2D eigenvalue weighted by molar-refractivity contribution is 5.77. The molecule has 1 aliphatic heterocycles. The highest BCUT2D eigenvalue weighted by atomic mass is 16.5. The summed E-state index contributed by atoms with van der Waals surface area (Å²) in [5.41, 5.74) is 6.02. The molecule has 88 valence electrons. The SMILES string of the molecule is CCCNC(N)=NCC1(C)CCOCC1. The van der Waals surface area contributed by atoms with Gasteiger partial charge in [-0.05, 0) is 24.7 Å². The first-order chi connectivity index (χ1) is 7.16. The molecule has 15 heavy (non-hydrogen) atoms. The van der Waals surface area contributed by atoms with E-state index in [4.69, 9.17) is 10.5 Å². The van der Waals surface area contributed by atoms with E-state index in [1.165, 1.54) is 0 Å². The number of nitrogens with one attached hydrogen (secondary N) is 1. The van der Waals surface area contributed by atoms with Crippen LogP contribution < -0.4 is 11.1 Å². The summed E-state index contributed by atoms with van der Waals surface area (Å²) in [6, 6.07) is 0. The second-order valence-electron chi connectivity index (χ2n) is 4.55. The van der Waals surface area contributed by atoms with Gasteiger partial charge in [-0.2, -0.15) is 0 Å². The fourth-order valence-electron chi connectivity index (χ4n) is 1.61. The minimum absolute atomic E-state index is 0.275. The predicted octanol–water partition coefficient (Wildman–Crippen LogP) is 1.12. The van der Waals surface area contributed by atoms with Crippen molar-refractivity contribution in [3.8, 4) is 0 Å². The molecule has 4 nitrogen and oxygen atoms in total. The van der Waals surface area contributed by atoms with Gasteiger partial charge < -0.3 is 15.8 Å². The lowest BCUT2D eigenvalue weighted by Gasteiger charge is -2.31.